The molecule has 5 heterocycles. The zero-order chi connectivity index (χ0) is 36.4. The minimum atomic E-state index is -0.432. The van der Waals surface area contributed by atoms with Gasteiger partial charge in [0.1, 0.15) is 11.6 Å². The highest BCUT2D eigenvalue weighted by molar-refractivity contribution is 5.99. The van der Waals surface area contributed by atoms with Gasteiger partial charge in [-0.2, -0.15) is 0 Å². The Morgan fingerprint density at radius 2 is 1.27 bits per heavy atom. The van der Waals surface area contributed by atoms with Crippen molar-refractivity contribution in [1.29, 1.82) is 0 Å². The van der Waals surface area contributed by atoms with Crippen LogP contribution < -0.4 is 5.32 Å². The maximum absolute atomic E-state index is 14.8. The molecule has 1 aromatic heterocycles. The van der Waals surface area contributed by atoms with E-state index in [0.29, 0.717) is 66.2 Å². The number of carbonyl (C=O) groups excluding carboxylic acids is 3. The summed E-state index contributed by atoms with van der Waals surface area (Å²) in [5, 5.41) is 3.63. The summed E-state index contributed by atoms with van der Waals surface area (Å²) in [5.41, 5.74) is 3.55. The number of aryl methyl sites for hydroxylation is 1. The fourth-order valence-corrected chi connectivity index (χ4v) is 7.43. The van der Waals surface area contributed by atoms with Gasteiger partial charge in [-0.1, -0.05) is 24.6 Å². The second kappa shape index (κ2) is 15.5. The first kappa shape index (κ1) is 35.7. The maximum atomic E-state index is 14.8. The third-order valence-corrected chi connectivity index (χ3v) is 10.9. The molecule has 0 bridgehead atoms. The third-order valence-electron chi connectivity index (χ3n) is 10.9. The molecular formula is C40H47F2N7O3. The molecule has 0 spiro atoms. The Morgan fingerprint density at radius 1 is 0.692 bits per heavy atom. The Hall–Kier alpha value is -4.65. The number of halogens is 2. The molecule has 1 N–H and O–H groups in total. The van der Waals surface area contributed by atoms with Crippen LogP contribution >= 0.6 is 0 Å². The number of benzene rings is 3. The minimum Gasteiger partial charge on any atom is -0.340 e. The van der Waals surface area contributed by atoms with E-state index in [4.69, 9.17) is 0 Å². The standard InChI is InChI=1S/C30H28F2N4O2.C10H19N3O/c1-20-2-4-21(5-3-20)29(37)34-14-12-33(13-15-34)25-17-35(18-25)30(38)22-6-11-28-26(16-22)27(32)19-36(28)24-9-7-23(31)8-10-24;1-2-10(14)13-5-3-12(4-6-13)9-7-11-8-9/h2-11,16,19,25H,12-15,17-18H2,1H3;9,11H,2-8H2,1H3. The van der Waals surface area contributed by atoms with Crippen LogP contribution in [0, 0.1) is 18.6 Å². The quantitative estimate of drug-likeness (QED) is 0.326. The molecule has 10 nitrogen and oxygen atoms in total. The fraction of sp³-hybridized carbons (Fsp3) is 0.425. The van der Waals surface area contributed by atoms with Crippen LogP contribution in [0.5, 0.6) is 0 Å². The van der Waals surface area contributed by atoms with E-state index in [2.05, 4.69) is 15.1 Å². The lowest BCUT2D eigenvalue weighted by Gasteiger charge is -2.48. The van der Waals surface area contributed by atoms with Gasteiger partial charge in [0.25, 0.3) is 11.8 Å². The van der Waals surface area contributed by atoms with E-state index in [1.807, 2.05) is 47.9 Å². The van der Waals surface area contributed by atoms with Crippen LogP contribution in [0.25, 0.3) is 16.6 Å². The van der Waals surface area contributed by atoms with Crippen molar-refractivity contribution in [3.05, 3.63) is 101 Å². The molecule has 0 saturated carbocycles. The number of aromatic nitrogens is 1. The molecule has 3 amide bonds. The highest BCUT2D eigenvalue weighted by Crippen LogP contribution is 2.27. The Morgan fingerprint density at radius 3 is 1.87 bits per heavy atom. The summed E-state index contributed by atoms with van der Waals surface area (Å²) >= 11 is 0. The number of piperazine rings is 2. The number of nitrogens with zero attached hydrogens (tertiary/aromatic N) is 6. The summed E-state index contributed by atoms with van der Waals surface area (Å²) in [6, 6.07) is 19.5. The van der Waals surface area contributed by atoms with Gasteiger partial charge in [0.2, 0.25) is 5.91 Å². The van der Waals surface area contributed by atoms with Gasteiger partial charge in [0.15, 0.2) is 0 Å². The highest BCUT2D eigenvalue weighted by Gasteiger charge is 2.37. The summed E-state index contributed by atoms with van der Waals surface area (Å²) in [4.78, 5) is 47.8. The second-order valence-electron chi connectivity index (χ2n) is 14.2. The molecule has 0 atom stereocenters. The summed E-state index contributed by atoms with van der Waals surface area (Å²) < 4.78 is 29.7. The summed E-state index contributed by atoms with van der Waals surface area (Å²) in [6.45, 7) is 14.2. The van der Waals surface area contributed by atoms with E-state index in [1.54, 1.807) is 39.8 Å². The predicted octanol–water partition coefficient (Wildman–Crippen LogP) is 4.01. The summed E-state index contributed by atoms with van der Waals surface area (Å²) in [7, 11) is 0. The van der Waals surface area contributed by atoms with E-state index < -0.39 is 5.82 Å². The Labute approximate surface area is 303 Å². The molecule has 4 aliphatic heterocycles. The normalized spacial score (nSPS) is 18.8. The molecule has 4 fully saturated rings. The molecule has 52 heavy (non-hydrogen) atoms. The van der Waals surface area contributed by atoms with Gasteiger partial charge >= 0.3 is 0 Å². The topological polar surface area (TPSA) is 84.4 Å². The van der Waals surface area contributed by atoms with Crippen LogP contribution in [0.15, 0.2) is 72.9 Å². The monoisotopic (exact) mass is 711 g/mol. The predicted molar refractivity (Wildman–Crippen MR) is 197 cm³/mol. The number of likely N-dealkylation sites (tertiary alicyclic amines) is 1. The van der Waals surface area contributed by atoms with E-state index in [0.717, 1.165) is 64.0 Å². The van der Waals surface area contributed by atoms with Gasteiger partial charge in [0, 0.05) is 125 Å². The maximum Gasteiger partial charge on any atom is 0.253 e. The van der Waals surface area contributed by atoms with Crippen LogP contribution in [0.1, 0.15) is 39.6 Å². The number of amides is 3. The SMILES string of the molecule is CCC(=O)N1CCN(C2CNC2)CC1.Cc1ccc(C(=O)N2CCN(C3CN(C(=O)c4ccc5c(c4)c(F)cn5-c4ccc(F)cc4)C3)CC2)cc1. The molecule has 4 saturated heterocycles. The van der Waals surface area contributed by atoms with E-state index in [9.17, 15) is 23.2 Å². The zero-order valence-electron chi connectivity index (χ0n) is 29.9. The van der Waals surface area contributed by atoms with Gasteiger partial charge in [-0.25, -0.2) is 8.78 Å². The fourth-order valence-electron chi connectivity index (χ4n) is 7.43. The minimum absolute atomic E-state index is 0.0611. The molecule has 4 aliphatic rings. The zero-order valence-corrected chi connectivity index (χ0v) is 29.9. The van der Waals surface area contributed by atoms with Crippen molar-refractivity contribution in [2.24, 2.45) is 0 Å². The van der Waals surface area contributed by atoms with E-state index >= 15 is 0 Å². The number of fused-ring (bicyclic) bond motifs is 1. The van der Waals surface area contributed by atoms with Crippen LogP contribution in [-0.4, -0.2) is 137 Å². The Bertz CT molecular complexity index is 1890. The van der Waals surface area contributed by atoms with Crippen LogP contribution in [0.4, 0.5) is 8.78 Å². The molecule has 8 rings (SSSR count). The van der Waals surface area contributed by atoms with Crippen molar-refractivity contribution in [2.45, 2.75) is 32.4 Å². The van der Waals surface area contributed by atoms with E-state index in [1.165, 1.54) is 18.3 Å². The first-order valence-electron chi connectivity index (χ1n) is 18.4. The van der Waals surface area contributed by atoms with Gasteiger partial charge < -0.3 is 24.6 Å². The molecule has 0 unspecified atom stereocenters. The van der Waals surface area contributed by atoms with Crippen molar-refractivity contribution >= 4 is 28.6 Å². The van der Waals surface area contributed by atoms with Crippen molar-refractivity contribution < 1.29 is 23.2 Å². The van der Waals surface area contributed by atoms with Gasteiger partial charge in [0.05, 0.1) is 5.52 Å². The van der Waals surface area contributed by atoms with E-state index in [-0.39, 0.29) is 23.7 Å². The van der Waals surface area contributed by atoms with Crippen molar-refractivity contribution in [3.63, 3.8) is 0 Å². The molecule has 0 aliphatic carbocycles. The smallest absolute Gasteiger partial charge is 0.253 e. The van der Waals surface area contributed by atoms with Gasteiger partial charge in [-0.05, 0) is 61.5 Å². The van der Waals surface area contributed by atoms with Crippen LogP contribution in [0.3, 0.4) is 0 Å². The molecule has 12 heteroatoms. The van der Waals surface area contributed by atoms with Crippen LogP contribution in [0.2, 0.25) is 0 Å². The van der Waals surface area contributed by atoms with Gasteiger partial charge in [-0.3, -0.25) is 24.2 Å². The van der Waals surface area contributed by atoms with Crippen molar-refractivity contribution in [3.8, 4) is 5.69 Å². The highest BCUT2D eigenvalue weighted by atomic mass is 19.1. The lowest BCUT2D eigenvalue weighted by Crippen LogP contribution is -2.64. The molecule has 3 aromatic carbocycles. The lowest BCUT2D eigenvalue weighted by molar-refractivity contribution is -0.133. The van der Waals surface area contributed by atoms with Crippen LogP contribution in [-0.2, 0) is 4.79 Å². The lowest BCUT2D eigenvalue weighted by atomic mass is 10.0. The third kappa shape index (κ3) is 7.60. The largest absolute Gasteiger partial charge is 0.340 e. The first-order valence-corrected chi connectivity index (χ1v) is 18.4. The molecule has 4 aromatic rings. The Kier molecular flexibility index (Phi) is 10.7. The van der Waals surface area contributed by atoms with Crippen molar-refractivity contribution in [1.82, 2.24) is 34.4 Å². The Balaban J connectivity index is 0.000000251. The molecule has 274 valence electrons. The molecular weight excluding hydrogens is 664 g/mol. The number of hydrogen-bond acceptors (Lipinski definition) is 6. The average molecular weight is 712 g/mol. The number of hydrogen-bond donors (Lipinski definition) is 1. The van der Waals surface area contributed by atoms with Crippen molar-refractivity contribution in [2.75, 3.05) is 78.5 Å². The average Bonchev–Trinajstić information content (AvgIpc) is 3.46. The summed E-state index contributed by atoms with van der Waals surface area (Å²) in [6.07, 6.45) is 2.00. The molecule has 0 radical (unpaired) electrons. The number of nitrogens with one attached hydrogen (secondary N) is 1. The number of carbonyl (C=O) groups is 3. The summed E-state index contributed by atoms with van der Waals surface area (Å²) in [5.74, 6) is -0.546. The number of rotatable bonds is 6. The second-order valence-corrected chi connectivity index (χ2v) is 14.2. The van der Waals surface area contributed by atoms with Gasteiger partial charge in [-0.15, -0.1) is 0 Å². The first-order chi connectivity index (χ1) is 25.2.